The van der Waals surface area contributed by atoms with Gasteiger partial charge in [-0.3, -0.25) is 9.69 Å². The van der Waals surface area contributed by atoms with Crippen molar-refractivity contribution in [3.05, 3.63) is 57.7 Å². The Bertz CT molecular complexity index is 1010. The molecule has 7 nitrogen and oxygen atoms in total. The number of H-pyrrole nitrogens is 1. The molecule has 27 heavy (non-hydrogen) atoms. The maximum Gasteiger partial charge on any atom is 0.258 e. The third-order valence-corrected chi connectivity index (χ3v) is 5.08. The van der Waals surface area contributed by atoms with Crippen molar-refractivity contribution in [2.45, 2.75) is 6.54 Å². The first-order chi connectivity index (χ1) is 13.2. The second-order valence-corrected chi connectivity index (χ2v) is 6.92. The molecule has 0 spiro atoms. The zero-order chi connectivity index (χ0) is 18.8. The van der Waals surface area contributed by atoms with E-state index in [4.69, 9.17) is 16.3 Å². The van der Waals surface area contributed by atoms with Gasteiger partial charge in [-0.15, -0.1) is 0 Å². The fourth-order valence-electron chi connectivity index (χ4n) is 3.45. The Morgan fingerprint density at radius 3 is 2.78 bits per heavy atom. The van der Waals surface area contributed by atoms with E-state index in [0.717, 1.165) is 49.9 Å². The molecular weight excluding hydrogens is 366 g/mol. The number of rotatable bonds is 4. The summed E-state index contributed by atoms with van der Waals surface area (Å²) in [6.45, 7) is 4.14. The topological polar surface area (TPSA) is 74.3 Å². The van der Waals surface area contributed by atoms with Gasteiger partial charge in [0.1, 0.15) is 11.3 Å². The molecule has 1 N–H and O–H groups in total. The highest BCUT2D eigenvalue weighted by molar-refractivity contribution is 6.30. The first-order valence-corrected chi connectivity index (χ1v) is 9.15. The Kier molecular flexibility index (Phi) is 4.96. The predicted octanol–water partition coefficient (Wildman–Crippen LogP) is 2.30. The van der Waals surface area contributed by atoms with Crippen molar-refractivity contribution in [1.82, 2.24) is 19.9 Å². The minimum atomic E-state index is -0.143. The van der Waals surface area contributed by atoms with Crippen LogP contribution >= 0.6 is 11.6 Å². The van der Waals surface area contributed by atoms with Gasteiger partial charge in [0.15, 0.2) is 5.82 Å². The van der Waals surface area contributed by atoms with Gasteiger partial charge in [0.25, 0.3) is 5.56 Å². The van der Waals surface area contributed by atoms with E-state index in [1.165, 1.54) is 6.33 Å². The molecule has 1 aromatic carbocycles. The largest absolute Gasteiger partial charge is 0.496 e. The van der Waals surface area contributed by atoms with Gasteiger partial charge in [0, 0.05) is 49.5 Å². The summed E-state index contributed by atoms with van der Waals surface area (Å²) < 4.78 is 5.45. The minimum Gasteiger partial charge on any atom is -0.496 e. The molecule has 1 aliphatic heterocycles. The second-order valence-electron chi connectivity index (χ2n) is 6.48. The van der Waals surface area contributed by atoms with E-state index in [1.54, 1.807) is 19.4 Å². The third-order valence-electron chi connectivity index (χ3n) is 4.85. The molecule has 4 rings (SSSR count). The summed E-state index contributed by atoms with van der Waals surface area (Å²) in [6.07, 6.45) is 3.09. The van der Waals surface area contributed by atoms with E-state index in [0.29, 0.717) is 15.9 Å². The third kappa shape index (κ3) is 3.61. The number of benzene rings is 1. The lowest BCUT2D eigenvalue weighted by Gasteiger charge is -2.35. The first kappa shape index (κ1) is 17.8. The molecule has 0 aliphatic carbocycles. The van der Waals surface area contributed by atoms with E-state index in [1.807, 2.05) is 18.2 Å². The van der Waals surface area contributed by atoms with Crippen LogP contribution in [0.5, 0.6) is 5.75 Å². The number of methoxy groups -OCH3 is 1. The minimum absolute atomic E-state index is 0.143. The van der Waals surface area contributed by atoms with Crippen molar-refractivity contribution in [2.24, 2.45) is 0 Å². The summed E-state index contributed by atoms with van der Waals surface area (Å²) in [4.78, 5) is 27.9. The van der Waals surface area contributed by atoms with Gasteiger partial charge in [-0.1, -0.05) is 11.6 Å². The number of aromatic nitrogens is 3. The van der Waals surface area contributed by atoms with Crippen molar-refractivity contribution in [1.29, 1.82) is 0 Å². The van der Waals surface area contributed by atoms with Crippen LogP contribution in [-0.2, 0) is 6.54 Å². The van der Waals surface area contributed by atoms with Crippen LogP contribution in [0.15, 0.2) is 41.6 Å². The monoisotopic (exact) mass is 385 g/mol. The van der Waals surface area contributed by atoms with E-state index >= 15 is 0 Å². The molecule has 0 amide bonds. The zero-order valence-electron chi connectivity index (χ0n) is 15.0. The first-order valence-electron chi connectivity index (χ1n) is 8.78. The van der Waals surface area contributed by atoms with E-state index < -0.39 is 0 Å². The van der Waals surface area contributed by atoms with E-state index in [-0.39, 0.29) is 5.56 Å². The molecule has 0 radical (unpaired) electrons. The smallest absolute Gasteiger partial charge is 0.258 e. The van der Waals surface area contributed by atoms with Gasteiger partial charge in [0.2, 0.25) is 0 Å². The lowest BCUT2D eigenvalue weighted by molar-refractivity contribution is 0.245. The maximum absolute atomic E-state index is 12.0. The standard InChI is InChI=1S/C19H20ClN5O2/c1-27-16-3-2-14(20)10-13(16)11-24-6-8-25(9-7-24)18-17-15(4-5-21-18)19(26)23-12-22-17/h2-5,10,12H,6-9,11H2,1H3,(H,22,23,26). The molecule has 1 fully saturated rings. The highest BCUT2D eigenvalue weighted by Gasteiger charge is 2.21. The Morgan fingerprint density at radius 1 is 1.19 bits per heavy atom. The maximum atomic E-state index is 12.0. The molecule has 2 aromatic heterocycles. The average Bonchev–Trinajstić information content (AvgIpc) is 2.69. The summed E-state index contributed by atoms with van der Waals surface area (Å²) in [5.41, 5.74) is 1.58. The molecule has 0 bridgehead atoms. The van der Waals surface area contributed by atoms with Crippen LogP contribution in [0.3, 0.4) is 0 Å². The highest BCUT2D eigenvalue weighted by Crippen LogP contribution is 2.26. The van der Waals surface area contributed by atoms with Gasteiger partial charge >= 0.3 is 0 Å². The number of hydrogen-bond acceptors (Lipinski definition) is 6. The van der Waals surface area contributed by atoms with Gasteiger partial charge in [0.05, 0.1) is 18.8 Å². The summed E-state index contributed by atoms with van der Waals surface area (Å²) in [5, 5.41) is 1.27. The van der Waals surface area contributed by atoms with Gasteiger partial charge in [-0.25, -0.2) is 9.97 Å². The van der Waals surface area contributed by atoms with Crippen LogP contribution in [0, 0.1) is 0 Å². The van der Waals surface area contributed by atoms with Gasteiger partial charge < -0.3 is 14.6 Å². The van der Waals surface area contributed by atoms with Crippen LogP contribution in [0.1, 0.15) is 5.56 Å². The zero-order valence-corrected chi connectivity index (χ0v) is 15.7. The fourth-order valence-corrected chi connectivity index (χ4v) is 3.64. The quantitative estimate of drug-likeness (QED) is 0.742. The summed E-state index contributed by atoms with van der Waals surface area (Å²) >= 11 is 6.14. The molecule has 0 unspecified atom stereocenters. The number of hydrogen-bond donors (Lipinski definition) is 1. The summed E-state index contributed by atoms with van der Waals surface area (Å²) in [6, 6.07) is 7.39. The average molecular weight is 386 g/mol. The summed E-state index contributed by atoms with van der Waals surface area (Å²) in [7, 11) is 1.67. The molecule has 140 valence electrons. The van der Waals surface area contributed by atoms with Crippen molar-refractivity contribution >= 4 is 28.3 Å². The molecule has 8 heteroatoms. The number of anilines is 1. The van der Waals surface area contributed by atoms with Crippen molar-refractivity contribution in [3.8, 4) is 5.75 Å². The molecule has 1 saturated heterocycles. The lowest BCUT2D eigenvalue weighted by Crippen LogP contribution is -2.46. The molecule has 0 saturated carbocycles. The van der Waals surface area contributed by atoms with Crippen LogP contribution < -0.4 is 15.2 Å². The Morgan fingerprint density at radius 2 is 2.00 bits per heavy atom. The van der Waals surface area contributed by atoms with Crippen molar-refractivity contribution < 1.29 is 4.74 Å². The number of halogens is 1. The molecule has 0 atom stereocenters. The predicted molar refractivity (Wildman–Crippen MR) is 106 cm³/mol. The normalized spacial score (nSPS) is 15.3. The summed E-state index contributed by atoms with van der Waals surface area (Å²) in [5.74, 6) is 1.61. The van der Waals surface area contributed by atoms with Crippen LogP contribution in [-0.4, -0.2) is 53.1 Å². The lowest BCUT2D eigenvalue weighted by atomic mass is 10.1. The van der Waals surface area contributed by atoms with Crippen molar-refractivity contribution in [2.75, 3.05) is 38.2 Å². The van der Waals surface area contributed by atoms with Crippen molar-refractivity contribution in [3.63, 3.8) is 0 Å². The second kappa shape index (κ2) is 7.54. The fraction of sp³-hybridized carbons (Fsp3) is 0.316. The SMILES string of the molecule is COc1ccc(Cl)cc1CN1CCN(c2nccc3c(=O)[nH]cnc23)CC1. The number of nitrogens with zero attached hydrogens (tertiary/aromatic N) is 4. The van der Waals surface area contributed by atoms with Crippen LogP contribution in [0.25, 0.3) is 10.9 Å². The Balaban J connectivity index is 1.50. The molecule has 3 aromatic rings. The number of aromatic amines is 1. The van der Waals surface area contributed by atoms with E-state index in [2.05, 4.69) is 24.8 Å². The van der Waals surface area contributed by atoms with Gasteiger partial charge in [-0.05, 0) is 24.3 Å². The number of ether oxygens (including phenoxy) is 1. The Hall–Kier alpha value is -2.64. The Labute approximate surface area is 161 Å². The van der Waals surface area contributed by atoms with Crippen LogP contribution in [0.4, 0.5) is 5.82 Å². The van der Waals surface area contributed by atoms with Gasteiger partial charge in [-0.2, -0.15) is 0 Å². The van der Waals surface area contributed by atoms with E-state index in [9.17, 15) is 4.79 Å². The number of pyridine rings is 1. The molecular formula is C19H20ClN5O2. The number of nitrogens with one attached hydrogen (secondary N) is 1. The highest BCUT2D eigenvalue weighted by atomic mass is 35.5. The van der Waals surface area contributed by atoms with Crippen LogP contribution in [0.2, 0.25) is 5.02 Å². The number of fused-ring (bicyclic) bond motifs is 1. The molecule has 3 heterocycles. The number of piperazine rings is 1. The molecule has 1 aliphatic rings.